The summed E-state index contributed by atoms with van der Waals surface area (Å²) in [6.45, 7) is 7.66. The van der Waals surface area contributed by atoms with Crippen molar-refractivity contribution in [3.8, 4) is 5.75 Å². The molecule has 0 saturated carbocycles. The van der Waals surface area contributed by atoms with Crippen LogP contribution in [0.2, 0.25) is 5.02 Å². The lowest BCUT2D eigenvalue weighted by molar-refractivity contribution is -0.142. The SMILES string of the molecule is CNC(=O)C(C)N(Cc1ccccc1C)C(=O)COc1cc(C)c(Cl)c(C)c1. The molecule has 2 aromatic rings. The maximum atomic E-state index is 12.9. The van der Waals surface area contributed by atoms with Crippen molar-refractivity contribution in [2.24, 2.45) is 0 Å². The topological polar surface area (TPSA) is 58.6 Å². The smallest absolute Gasteiger partial charge is 0.261 e. The number of benzene rings is 2. The van der Waals surface area contributed by atoms with Gasteiger partial charge in [-0.1, -0.05) is 35.9 Å². The van der Waals surface area contributed by atoms with Gasteiger partial charge in [0.15, 0.2) is 6.61 Å². The van der Waals surface area contributed by atoms with Crippen molar-refractivity contribution in [1.29, 1.82) is 0 Å². The van der Waals surface area contributed by atoms with Crippen LogP contribution in [-0.4, -0.2) is 36.4 Å². The number of halogens is 1. The Hall–Kier alpha value is -2.53. The molecule has 1 atom stereocenters. The van der Waals surface area contributed by atoms with E-state index in [4.69, 9.17) is 16.3 Å². The van der Waals surface area contributed by atoms with E-state index in [1.165, 1.54) is 4.90 Å². The summed E-state index contributed by atoms with van der Waals surface area (Å²) < 4.78 is 5.72. The summed E-state index contributed by atoms with van der Waals surface area (Å²) >= 11 is 6.19. The molecule has 6 heteroatoms. The van der Waals surface area contributed by atoms with Gasteiger partial charge in [-0.3, -0.25) is 9.59 Å². The lowest BCUT2D eigenvalue weighted by atomic mass is 10.1. The second kappa shape index (κ2) is 9.60. The minimum Gasteiger partial charge on any atom is -0.484 e. The van der Waals surface area contributed by atoms with Gasteiger partial charge in [0.05, 0.1) is 0 Å². The molecule has 0 aliphatic heterocycles. The van der Waals surface area contributed by atoms with Crippen molar-refractivity contribution in [2.45, 2.75) is 40.3 Å². The fourth-order valence-corrected chi connectivity index (χ4v) is 3.09. The number of likely N-dealkylation sites (N-methyl/N-ethyl adjacent to an activating group) is 1. The van der Waals surface area contributed by atoms with Crippen molar-refractivity contribution in [3.63, 3.8) is 0 Å². The lowest BCUT2D eigenvalue weighted by Gasteiger charge is -2.29. The van der Waals surface area contributed by atoms with Gasteiger partial charge in [0, 0.05) is 18.6 Å². The number of hydrogen-bond donors (Lipinski definition) is 1. The molecule has 0 saturated heterocycles. The quantitative estimate of drug-likeness (QED) is 0.766. The summed E-state index contributed by atoms with van der Waals surface area (Å²) in [5.41, 5.74) is 3.83. The van der Waals surface area contributed by atoms with Crippen LogP contribution in [0.15, 0.2) is 36.4 Å². The Morgan fingerprint density at radius 3 is 2.29 bits per heavy atom. The molecular formula is C22H27ClN2O3. The highest BCUT2D eigenvalue weighted by Gasteiger charge is 2.26. The Morgan fingerprint density at radius 1 is 1.11 bits per heavy atom. The van der Waals surface area contributed by atoms with E-state index in [1.54, 1.807) is 26.1 Å². The summed E-state index contributed by atoms with van der Waals surface area (Å²) in [6.07, 6.45) is 0. The van der Waals surface area contributed by atoms with Gasteiger partial charge in [0.25, 0.3) is 5.91 Å². The maximum Gasteiger partial charge on any atom is 0.261 e. The van der Waals surface area contributed by atoms with Gasteiger partial charge < -0.3 is 15.0 Å². The molecule has 28 heavy (non-hydrogen) atoms. The fraction of sp³-hybridized carbons (Fsp3) is 0.364. The Morgan fingerprint density at radius 2 is 1.71 bits per heavy atom. The number of carbonyl (C=O) groups excluding carboxylic acids is 2. The maximum absolute atomic E-state index is 12.9. The molecule has 0 radical (unpaired) electrons. The van der Waals surface area contributed by atoms with Gasteiger partial charge in [0.1, 0.15) is 11.8 Å². The molecule has 1 N–H and O–H groups in total. The number of carbonyl (C=O) groups is 2. The molecule has 0 aromatic heterocycles. The molecule has 1 unspecified atom stereocenters. The minimum atomic E-state index is -0.616. The number of nitrogens with one attached hydrogen (secondary N) is 1. The van der Waals surface area contributed by atoms with E-state index < -0.39 is 6.04 Å². The van der Waals surface area contributed by atoms with Crippen LogP contribution in [0.25, 0.3) is 0 Å². The molecule has 2 amide bonds. The molecule has 5 nitrogen and oxygen atoms in total. The highest BCUT2D eigenvalue weighted by molar-refractivity contribution is 6.32. The monoisotopic (exact) mass is 402 g/mol. The van der Waals surface area contributed by atoms with Crippen LogP contribution in [0, 0.1) is 20.8 Å². The first-order valence-electron chi connectivity index (χ1n) is 9.19. The molecule has 0 spiro atoms. The molecule has 0 aliphatic carbocycles. The van der Waals surface area contributed by atoms with E-state index in [0.29, 0.717) is 17.3 Å². The highest BCUT2D eigenvalue weighted by atomic mass is 35.5. The second-order valence-corrected chi connectivity index (χ2v) is 7.28. The molecular weight excluding hydrogens is 376 g/mol. The number of amides is 2. The Kier molecular flexibility index (Phi) is 7.46. The second-order valence-electron chi connectivity index (χ2n) is 6.90. The predicted octanol–water partition coefficient (Wildman–Crippen LogP) is 3.81. The number of ether oxygens (including phenoxy) is 1. The predicted molar refractivity (Wildman–Crippen MR) is 112 cm³/mol. The van der Waals surface area contributed by atoms with Crippen LogP contribution >= 0.6 is 11.6 Å². The van der Waals surface area contributed by atoms with E-state index in [2.05, 4.69) is 5.32 Å². The Labute approximate surface area is 171 Å². The standard InChI is InChI=1S/C22H27ClN2O3/c1-14-8-6-7-9-18(14)12-25(17(4)22(27)24-5)20(26)13-28-19-10-15(2)21(23)16(3)11-19/h6-11,17H,12-13H2,1-5H3,(H,24,27). The summed E-state index contributed by atoms with van der Waals surface area (Å²) in [5, 5.41) is 3.30. The van der Waals surface area contributed by atoms with E-state index in [-0.39, 0.29) is 18.4 Å². The van der Waals surface area contributed by atoms with Gasteiger partial charge in [-0.05, 0) is 62.1 Å². The third-order valence-electron chi connectivity index (χ3n) is 4.79. The van der Waals surface area contributed by atoms with Crippen molar-refractivity contribution >= 4 is 23.4 Å². The highest BCUT2D eigenvalue weighted by Crippen LogP contribution is 2.26. The van der Waals surface area contributed by atoms with E-state index in [0.717, 1.165) is 22.3 Å². The van der Waals surface area contributed by atoms with Crippen molar-refractivity contribution < 1.29 is 14.3 Å². The van der Waals surface area contributed by atoms with Gasteiger partial charge in [-0.15, -0.1) is 0 Å². The Bertz CT molecular complexity index is 844. The summed E-state index contributed by atoms with van der Waals surface area (Å²) in [6, 6.07) is 10.8. The first kappa shape index (κ1) is 21.8. The summed E-state index contributed by atoms with van der Waals surface area (Å²) in [4.78, 5) is 26.6. The van der Waals surface area contributed by atoms with Crippen LogP contribution in [-0.2, 0) is 16.1 Å². The minimum absolute atomic E-state index is 0.159. The zero-order valence-electron chi connectivity index (χ0n) is 17.0. The third kappa shape index (κ3) is 5.26. The normalized spacial score (nSPS) is 11.6. The van der Waals surface area contributed by atoms with Gasteiger partial charge in [0.2, 0.25) is 5.91 Å². The van der Waals surface area contributed by atoms with Crippen molar-refractivity contribution in [2.75, 3.05) is 13.7 Å². The molecule has 150 valence electrons. The summed E-state index contributed by atoms with van der Waals surface area (Å²) in [5.74, 6) is 0.0981. The molecule has 0 aliphatic rings. The van der Waals surface area contributed by atoms with E-state index >= 15 is 0 Å². The van der Waals surface area contributed by atoms with E-state index in [1.807, 2.05) is 45.0 Å². The lowest BCUT2D eigenvalue weighted by Crippen LogP contribution is -2.48. The Balaban J connectivity index is 2.19. The average Bonchev–Trinajstić information content (AvgIpc) is 2.68. The van der Waals surface area contributed by atoms with E-state index in [9.17, 15) is 9.59 Å². The van der Waals surface area contributed by atoms with Crippen molar-refractivity contribution in [1.82, 2.24) is 10.2 Å². The zero-order valence-corrected chi connectivity index (χ0v) is 17.8. The number of rotatable bonds is 7. The van der Waals surface area contributed by atoms with Gasteiger partial charge in [-0.2, -0.15) is 0 Å². The van der Waals surface area contributed by atoms with Crippen LogP contribution in [0.1, 0.15) is 29.2 Å². The zero-order chi connectivity index (χ0) is 20.8. The molecule has 2 aromatic carbocycles. The average molecular weight is 403 g/mol. The van der Waals surface area contributed by atoms with Gasteiger partial charge >= 0.3 is 0 Å². The number of hydrogen-bond acceptors (Lipinski definition) is 3. The first-order valence-corrected chi connectivity index (χ1v) is 9.57. The summed E-state index contributed by atoms with van der Waals surface area (Å²) in [7, 11) is 1.56. The largest absolute Gasteiger partial charge is 0.484 e. The van der Waals surface area contributed by atoms with Gasteiger partial charge in [-0.25, -0.2) is 0 Å². The molecule has 0 heterocycles. The number of nitrogens with zero attached hydrogens (tertiary/aromatic N) is 1. The molecule has 0 fully saturated rings. The van der Waals surface area contributed by atoms with Crippen LogP contribution < -0.4 is 10.1 Å². The number of aryl methyl sites for hydroxylation is 3. The third-order valence-corrected chi connectivity index (χ3v) is 5.38. The molecule has 2 rings (SSSR count). The van der Waals surface area contributed by atoms with Crippen LogP contribution in [0.5, 0.6) is 5.75 Å². The fourth-order valence-electron chi connectivity index (χ4n) is 2.98. The van der Waals surface area contributed by atoms with Crippen LogP contribution in [0.3, 0.4) is 0 Å². The first-order chi connectivity index (χ1) is 13.2. The molecule has 0 bridgehead atoms. The van der Waals surface area contributed by atoms with Crippen LogP contribution in [0.4, 0.5) is 0 Å². The van der Waals surface area contributed by atoms with Crippen molar-refractivity contribution in [3.05, 3.63) is 63.7 Å².